The van der Waals surface area contributed by atoms with Gasteiger partial charge in [0.15, 0.2) is 12.1 Å². The zero-order valence-corrected chi connectivity index (χ0v) is 29.9. The highest BCUT2D eigenvalue weighted by atomic mass is 16.5. The Bertz CT molecular complexity index is 1780. The molecule has 0 fully saturated rings. The molecule has 54 heavy (non-hydrogen) atoms. The summed E-state index contributed by atoms with van der Waals surface area (Å²) < 4.78 is 22.2. The first kappa shape index (κ1) is 40.1. The fourth-order valence-corrected chi connectivity index (χ4v) is 5.82. The summed E-state index contributed by atoms with van der Waals surface area (Å²) in [5, 5.41) is 0. The van der Waals surface area contributed by atoms with Crippen LogP contribution in [0.1, 0.15) is 36.1 Å². The van der Waals surface area contributed by atoms with Gasteiger partial charge < -0.3 is 40.2 Å². The van der Waals surface area contributed by atoms with Crippen LogP contribution in [0.25, 0.3) is 11.1 Å². The minimum atomic E-state index is -1.21. The fraction of sp³-hybridized carbons (Fsp3) is 0.250. The molecule has 4 aromatic rings. The van der Waals surface area contributed by atoms with Gasteiger partial charge in [-0.1, -0.05) is 97.1 Å². The first-order chi connectivity index (χ1) is 26.1. The summed E-state index contributed by atoms with van der Waals surface area (Å²) in [4.78, 5) is 77.5. The number of carbonyl (C=O) groups excluding carboxylic acids is 6. The Hall–Kier alpha value is -6.70. The molecule has 0 aliphatic carbocycles. The molecule has 4 N–H and O–H groups in total. The molecular weight excluding hydrogens is 696 g/mol. The maximum absolute atomic E-state index is 12.9. The summed E-state index contributed by atoms with van der Waals surface area (Å²) in [6.07, 6.45) is 0.448. The van der Waals surface area contributed by atoms with E-state index in [9.17, 15) is 28.8 Å². The van der Waals surface area contributed by atoms with E-state index >= 15 is 0 Å². The summed E-state index contributed by atoms with van der Waals surface area (Å²) in [5.41, 5.74) is 13.0. The number of rotatable bonds is 17. The van der Waals surface area contributed by atoms with Gasteiger partial charge in [0.2, 0.25) is 0 Å². The third kappa shape index (κ3) is 10.2. The molecule has 4 rings (SSSR count). The van der Waals surface area contributed by atoms with E-state index in [1.165, 1.54) is 14.2 Å². The maximum Gasteiger partial charge on any atom is 0.333 e. The van der Waals surface area contributed by atoms with Gasteiger partial charge in [0, 0.05) is 24.2 Å². The standard InChI is InChI=1S/C40H42N4O10/c1-51-39(49)33(27-15-5-3-6-16-27)43(37(47)35(41)45)23-13-25-53-31-21-11-9-19-29(31)30-20-10-12-22-32(30)54-26-14-24-44(38(48)36(42)46)34(40(50)52-2)28-17-7-4-8-18-28/h3-12,15-22,33-34H,13-14,23-26H2,1-2H3,(H2,41,45)(H2,42,46)/t33-,34-/m0/s1. The summed E-state index contributed by atoms with van der Waals surface area (Å²) in [6, 6.07) is 29.0. The molecule has 0 radical (unpaired) electrons. The zero-order valence-electron chi connectivity index (χ0n) is 29.9. The van der Waals surface area contributed by atoms with Crippen molar-refractivity contribution < 1.29 is 47.7 Å². The van der Waals surface area contributed by atoms with Crippen molar-refractivity contribution in [1.82, 2.24) is 9.80 Å². The number of nitrogens with two attached hydrogens (primary N) is 2. The van der Waals surface area contributed by atoms with Crippen molar-refractivity contribution in [1.29, 1.82) is 0 Å². The molecule has 0 aliphatic heterocycles. The SMILES string of the molecule is COC(=O)[C@H](c1ccccc1)N(CCCOc1ccccc1-c1ccccc1OCCCN(C(=O)C(N)=O)[C@H](C(=O)OC)c1ccccc1)C(=O)C(N)=O. The number of methoxy groups -OCH3 is 2. The Labute approximate surface area is 312 Å². The molecule has 0 saturated carbocycles. The predicted octanol–water partition coefficient (Wildman–Crippen LogP) is 3.35. The average molecular weight is 739 g/mol. The average Bonchev–Trinajstić information content (AvgIpc) is 3.20. The quantitative estimate of drug-likeness (QED) is 0.0921. The number of esters is 2. The topological polar surface area (TPSA) is 198 Å². The lowest BCUT2D eigenvalue weighted by Gasteiger charge is -2.29. The molecule has 282 valence electrons. The van der Waals surface area contributed by atoms with Gasteiger partial charge in [-0.05, 0) is 36.1 Å². The summed E-state index contributed by atoms with van der Waals surface area (Å²) in [6.45, 7) is 0.0961. The van der Waals surface area contributed by atoms with Crippen molar-refractivity contribution in [2.24, 2.45) is 11.5 Å². The number of ether oxygens (including phenoxy) is 4. The van der Waals surface area contributed by atoms with Crippen LogP contribution in [-0.4, -0.2) is 85.9 Å². The number of nitrogens with zero attached hydrogens (tertiary/aromatic N) is 2. The highest BCUT2D eigenvalue weighted by Crippen LogP contribution is 2.36. The van der Waals surface area contributed by atoms with E-state index in [-0.39, 0.29) is 39.1 Å². The van der Waals surface area contributed by atoms with Crippen molar-refractivity contribution in [3.8, 4) is 22.6 Å². The second-order valence-corrected chi connectivity index (χ2v) is 11.8. The van der Waals surface area contributed by atoms with E-state index in [0.717, 1.165) is 9.80 Å². The van der Waals surface area contributed by atoms with Gasteiger partial charge in [0.05, 0.1) is 27.4 Å². The van der Waals surface area contributed by atoms with Gasteiger partial charge in [-0.25, -0.2) is 9.59 Å². The molecular formula is C40H42N4O10. The molecule has 0 aromatic heterocycles. The van der Waals surface area contributed by atoms with E-state index in [1.807, 2.05) is 24.3 Å². The van der Waals surface area contributed by atoms with Crippen LogP contribution in [0.2, 0.25) is 0 Å². The first-order valence-corrected chi connectivity index (χ1v) is 17.0. The van der Waals surface area contributed by atoms with E-state index in [0.29, 0.717) is 33.8 Å². The smallest absolute Gasteiger partial charge is 0.333 e. The molecule has 0 heterocycles. The monoisotopic (exact) mass is 738 g/mol. The maximum atomic E-state index is 12.9. The Morgan fingerprint density at radius 1 is 0.519 bits per heavy atom. The normalized spacial score (nSPS) is 11.7. The van der Waals surface area contributed by atoms with Crippen molar-refractivity contribution in [2.45, 2.75) is 24.9 Å². The van der Waals surface area contributed by atoms with Crippen molar-refractivity contribution in [3.63, 3.8) is 0 Å². The highest BCUT2D eigenvalue weighted by molar-refractivity contribution is 6.35. The third-order valence-corrected chi connectivity index (χ3v) is 8.31. The largest absolute Gasteiger partial charge is 0.493 e. The molecule has 2 atom stereocenters. The van der Waals surface area contributed by atoms with Gasteiger partial charge in [-0.3, -0.25) is 19.2 Å². The lowest BCUT2D eigenvalue weighted by Crippen LogP contribution is -2.46. The lowest BCUT2D eigenvalue weighted by atomic mass is 10.0. The molecule has 14 heteroatoms. The molecule has 14 nitrogen and oxygen atoms in total. The minimum absolute atomic E-state index is 0.0469. The zero-order chi connectivity index (χ0) is 39.0. The number of primary amides is 2. The van der Waals surface area contributed by atoms with Crippen LogP contribution in [-0.2, 0) is 38.2 Å². The van der Waals surface area contributed by atoms with Crippen molar-refractivity contribution >= 4 is 35.6 Å². The Kier molecular flexibility index (Phi) is 14.7. The van der Waals surface area contributed by atoms with E-state index in [2.05, 4.69) is 0 Å². The number of para-hydroxylation sites is 2. The summed E-state index contributed by atoms with van der Waals surface area (Å²) in [7, 11) is 2.39. The van der Waals surface area contributed by atoms with E-state index in [1.54, 1.807) is 84.9 Å². The van der Waals surface area contributed by atoms with Crippen LogP contribution in [0.4, 0.5) is 0 Å². The Morgan fingerprint density at radius 2 is 0.852 bits per heavy atom. The number of benzene rings is 4. The number of hydrogen-bond acceptors (Lipinski definition) is 10. The van der Waals surface area contributed by atoms with Gasteiger partial charge in [0.25, 0.3) is 0 Å². The molecule has 4 amide bonds. The summed E-state index contributed by atoms with van der Waals surface area (Å²) >= 11 is 0. The van der Waals surface area contributed by atoms with Crippen LogP contribution >= 0.6 is 0 Å². The molecule has 0 spiro atoms. The predicted molar refractivity (Wildman–Crippen MR) is 196 cm³/mol. The molecule has 0 unspecified atom stereocenters. The first-order valence-electron chi connectivity index (χ1n) is 17.0. The Balaban J connectivity index is 1.46. The van der Waals surface area contributed by atoms with Gasteiger partial charge in [-0.15, -0.1) is 0 Å². The molecule has 0 bridgehead atoms. The van der Waals surface area contributed by atoms with Crippen LogP contribution in [0.3, 0.4) is 0 Å². The lowest BCUT2D eigenvalue weighted by molar-refractivity contribution is -0.156. The third-order valence-electron chi connectivity index (χ3n) is 8.31. The van der Waals surface area contributed by atoms with Gasteiger partial charge >= 0.3 is 35.6 Å². The van der Waals surface area contributed by atoms with Crippen LogP contribution in [0.15, 0.2) is 109 Å². The Morgan fingerprint density at radius 3 is 1.19 bits per heavy atom. The highest BCUT2D eigenvalue weighted by Gasteiger charge is 2.35. The van der Waals surface area contributed by atoms with Gasteiger partial charge in [0.1, 0.15) is 11.5 Å². The second-order valence-electron chi connectivity index (χ2n) is 11.8. The molecule has 0 aliphatic rings. The van der Waals surface area contributed by atoms with E-state index in [4.69, 9.17) is 30.4 Å². The second kappa shape index (κ2) is 19.8. The van der Waals surface area contributed by atoms with Crippen molar-refractivity contribution in [3.05, 3.63) is 120 Å². The number of carbonyl (C=O) groups is 6. The van der Waals surface area contributed by atoms with Crippen LogP contribution in [0, 0.1) is 0 Å². The fourth-order valence-electron chi connectivity index (χ4n) is 5.82. The van der Waals surface area contributed by atoms with Gasteiger partial charge in [-0.2, -0.15) is 0 Å². The van der Waals surface area contributed by atoms with Crippen LogP contribution < -0.4 is 20.9 Å². The number of hydrogen-bond donors (Lipinski definition) is 2. The summed E-state index contributed by atoms with van der Waals surface area (Å²) in [5.74, 6) is -4.97. The minimum Gasteiger partial charge on any atom is -0.493 e. The van der Waals surface area contributed by atoms with E-state index < -0.39 is 47.7 Å². The number of amides is 4. The molecule has 0 saturated heterocycles. The molecule has 4 aromatic carbocycles. The van der Waals surface area contributed by atoms with Crippen LogP contribution in [0.5, 0.6) is 11.5 Å². The van der Waals surface area contributed by atoms with Crippen molar-refractivity contribution in [2.75, 3.05) is 40.5 Å².